The molecule has 0 aliphatic carbocycles. The molecule has 1 aromatic carbocycles. The van der Waals surface area contributed by atoms with Gasteiger partial charge in [-0.2, -0.15) is 0 Å². The number of rotatable bonds is 8. The number of amides is 1. The van der Waals surface area contributed by atoms with E-state index >= 15 is 0 Å². The van der Waals surface area contributed by atoms with E-state index < -0.39 is 0 Å². The first-order chi connectivity index (χ1) is 10.1. The van der Waals surface area contributed by atoms with Crippen molar-refractivity contribution < 1.29 is 24.2 Å². The van der Waals surface area contributed by atoms with Crippen LogP contribution in [-0.2, 0) is 9.53 Å². The number of nitrogens with one attached hydrogen (secondary N) is 1. The van der Waals surface area contributed by atoms with Crippen molar-refractivity contribution in [2.24, 2.45) is 0 Å². The van der Waals surface area contributed by atoms with Crippen molar-refractivity contribution in [3.8, 4) is 11.5 Å². The number of hydrogen-bond acceptors (Lipinski definition) is 5. The van der Waals surface area contributed by atoms with Crippen LogP contribution in [0.2, 0.25) is 0 Å². The molecular formula is C15H21NO5. The van der Waals surface area contributed by atoms with E-state index in [0.29, 0.717) is 18.7 Å². The van der Waals surface area contributed by atoms with Gasteiger partial charge in [0, 0.05) is 13.0 Å². The zero-order valence-electron chi connectivity index (χ0n) is 12.3. The molecule has 6 nitrogen and oxygen atoms in total. The van der Waals surface area contributed by atoms with Gasteiger partial charge in [-0.15, -0.1) is 0 Å². The Balaban J connectivity index is 2.32. The van der Waals surface area contributed by atoms with Crippen LogP contribution in [0, 0.1) is 0 Å². The zero-order valence-corrected chi connectivity index (χ0v) is 12.3. The van der Waals surface area contributed by atoms with E-state index in [0.717, 1.165) is 19.3 Å². The van der Waals surface area contributed by atoms with Gasteiger partial charge in [-0.25, -0.2) is 0 Å². The highest BCUT2D eigenvalue weighted by Gasteiger charge is 2.11. The summed E-state index contributed by atoms with van der Waals surface area (Å²) in [4.78, 5) is 22.8. The molecule has 116 valence electrons. The van der Waals surface area contributed by atoms with E-state index in [1.54, 1.807) is 6.07 Å². The van der Waals surface area contributed by atoms with E-state index in [9.17, 15) is 14.7 Å². The van der Waals surface area contributed by atoms with Gasteiger partial charge >= 0.3 is 5.97 Å². The van der Waals surface area contributed by atoms with Crippen molar-refractivity contribution in [3.05, 3.63) is 23.8 Å². The largest absolute Gasteiger partial charge is 0.507 e. The summed E-state index contributed by atoms with van der Waals surface area (Å²) in [5.74, 6) is -0.144. The molecule has 1 amide bonds. The van der Waals surface area contributed by atoms with E-state index in [4.69, 9.17) is 4.74 Å². The van der Waals surface area contributed by atoms with Gasteiger partial charge in [0.1, 0.15) is 11.5 Å². The lowest BCUT2D eigenvalue weighted by Crippen LogP contribution is -2.24. The van der Waals surface area contributed by atoms with Gasteiger partial charge in [0.25, 0.3) is 5.91 Å². The molecule has 1 rings (SSSR count). The van der Waals surface area contributed by atoms with Gasteiger partial charge < -0.3 is 19.9 Å². The standard InChI is InChI=1S/C15H21NO5/c1-20-11-7-8-13(17)12(10-11)15(19)16-9-5-3-4-6-14(18)21-2/h7-8,10,17H,3-6,9H2,1-2H3,(H,16,19). The Morgan fingerprint density at radius 1 is 1.19 bits per heavy atom. The zero-order chi connectivity index (χ0) is 15.7. The summed E-state index contributed by atoms with van der Waals surface area (Å²) in [6.07, 6.45) is 2.70. The van der Waals surface area contributed by atoms with E-state index in [1.807, 2.05) is 0 Å². The molecule has 0 unspecified atom stereocenters. The third kappa shape index (κ3) is 5.72. The van der Waals surface area contributed by atoms with Crippen molar-refractivity contribution in [1.29, 1.82) is 0 Å². The molecule has 6 heteroatoms. The summed E-state index contributed by atoms with van der Waals surface area (Å²) in [5, 5.41) is 12.4. The predicted octanol–water partition coefficient (Wildman–Crippen LogP) is 1.86. The predicted molar refractivity (Wildman–Crippen MR) is 77.5 cm³/mol. The summed E-state index contributed by atoms with van der Waals surface area (Å²) in [6, 6.07) is 4.49. The fourth-order valence-corrected chi connectivity index (χ4v) is 1.79. The van der Waals surface area contributed by atoms with Gasteiger partial charge in [0.2, 0.25) is 0 Å². The Bertz CT molecular complexity index is 487. The van der Waals surface area contributed by atoms with Gasteiger partial charge in [0.05, 0.1) is 19.8 Å². The highest BCUT2D eigenvalue weighted by molar-refractivity contribution is 5.97. The molecule has 0 aliphatic heterocycles. The van der Waals surface area contributed by atoms with Crippen molar-refractivity contribution in [1.82, 2.24) is 5.32 Å². The topological polar surface area (TPSA) is 84.9 Å². The number of ether oxygens (including phenoxy) is 2. The van der Waals surface area contributed by atoms with Crippen molar-refractivity contribution in [2.45, 2.75) is 25.7 Å². The third-order valence-electron chi connectivity index (χ3n) is 3.02. The van der Waals surface area contributed by atoms with Crippen LogP contribution in [0.15, 0.2) is 18.2 Å². The lowest BCUT2D eigenvalue weighted by Gasteiger charge is -2.08. The molecule has 0 atom stereocenters. The SMILES string of the molecule is COC(=O)CCCCCNC(=O)c1cc(OC)ccc1O. The first-order valence-corrected chi connectivity index (χ1v) is 6.80. The molecule has 0 bridgehead atoms. The molecule has 0 saturated heterocycles. The highest BCUT2D eigenvalue weighted by atomic mass is 16.5. The minimum absolute atomic E-state index is 0.0843. The van der Waals surface area contributed by atoms with Gasteiger partial charge in [-0.1, -0.05) is 6.42 Å². The summed E-state index contributed by atoms with van der Waals surface area (Å²) in [7, 11) is 2.86. The number of phenolic OH excluding ortho intramolecular Hbond substituents is 1. The van der Waals surface area contributed by atoms with Gasteiger partial charge in [0.15, 0.2) is 0 Å². The van der Waals surface area contributed by atoms with Crippen LogP contribution in [0.3, 0.4) is 0 Å². The van der Waals surface area contributed by atoms with E-state index in [2.05, 4.69) is 10.1 Å². The van der Waals surface area contributed by atoms with Crippen molar-refractivity contribution >= 4 is 11.9 Å². The number of benzene rings is 1. The van der Waals surface area contributed by atoms with Gasteiger partial charge in [-0.05, 0) is 31.0 Å². The molecule has 0 heterocycles. The second-order valence-corrected chi connectivity index (χ2v) is 4.53. The Labute approximate surface area is 124 Å². The highest BCUT2D eigenvalue weighted by Crippen LogP contribution is 2.22. The number of hydrogen-bond donors (Lipinski definition) is 2. The van der Waals surface area contributed by atoms with Gasteiger partial charge in [-0.3, -0.25) is 9.59 Å². The van der Waals surface area contributed by atoms with Crippen molar-refractivity contribution in [3.63, 3.8) is 0 Å². The fraction of sp³-hybridized carbons (Fsp3) is 0.467. The molecule has 2 N–H and O–H groups in total. The lowest BCUT2D eigenvalue weighted by molar-refractivity contribution is -0.140. The number of aromatic hydroxyl groups is 1. The average Bonchev–Trinajstić information content (AvgIpc) is 2.50. The molecule has 0 saturated carbocycles. The summed E-state index contributed by atoms with van der Waals surface area (Å²) < 4.78 is 9.56. The molecule has 0 aliphatic rings. The second kappa shape index (κ2) is 8.84. The number of carbonyl (C=O) groups is 2. The van der Waals surface area contributed by atoms with Crippen LogP contribution in [0.5, 0.6) is 11.5 Å². The minimum atomic E-state index is -0.348. The van der Waals surface area contributed by atoms with Crippen LogP contribution in [0.1, 0.15) is 36.0 Å². The molecule has 1 aromatic rings. The summed E-state index contributed by atoms with van der Waals surface area (Å²) in [6.45, 7) is 0.483. The number of phenols is 1. The number of unbranched alkanes of at least 4 members (excludes halogenated alkanes) is 2. The molecule has 0 radical (unpaired) electrons. The quantitative estimate of drug-likeness (QED) is 0.565. The maximum absolute atomic E-state index is 11.9. The van der Waals surface area contributed by atoms with Crippen LogP contribution < -0.4 is 10.1 Å². The first kappa shape index (κ1) is 16.8. The van der Waals surface area contributed by atoms with Crippen molar-refractivity contribution in [2.75, 3.05) is 20.8 Å². The Hall–Kier alpha value is -2.24. The fourth-order valence-electron chi connectivity index (χ4n) is 1.79. The average molecular weight is 295 g/mol. The van der Waals surface area contributed by atoms with E-state index in [-0.39, 0.29) is 23.2 Å². The molecular weight excluding hydrogens is 274 g/mol. The van der Waals surface area contributed by atoms with E-state index in [1.165, 1.54) is 26.4 Å². The summed E-state index contributed by atoms with van der Waals surface area (Å²) >= 11 is 0. The molecule has 21 heavy (non-hydrogen) atoms. The Morgan fingerprint density at radius 2 is 1.95 bits per heavy atom. The van der Waals surface area contributed by atoms with Crippen LogP contribution >= 0.6 is 0 Å². The Kier molecular flexibility index (Phi) is 7.08. The smallest absolute Gasteiger partial charge is 0.305 e. The minimum Gasteiger partial charge on any atom is -0.507 e. The lowest BCUT2D eigenvalue weighted by atomic mass is 10.1. The number of carbonyl (C=O) groups excluding carboxylic acids is 2. The second-order valence-electron chi connectivity index (χ2n) is 4.53. The monoisotopic (exact) mass is 295 g/mol. The third-order valence-corrected chi connectivity index (χ3v) is 3.02. The normalized spacial score (nSPS) is 10.0. The maximum atomic E-state index is 11.9. The van der Waals surface area contributed by atoms with Crippen LogP contribution in [0.25, 0.3) is 0 Å². The van der Waals surface area contributed by atoms with Crippen LogP contribution in [0.4, 0.5) is 0 Å². The maximum Gasteiger partial charge on any atom is 0.305 e. The molecule has 0 aromatic heterocycles. The first-order valence-electron chi connectivity index (χ1n) is 6.80. The molecule has 0 spiro atoms. The Morgan fingerprint density at radius 3 is 2.62 bits per heavy atom. The summed E-state index contributed by atoms with van der Waals surface area (Å²) in [5.41, 5.74) is 0.184. The van der Waals surface area contributed by atoms with Crippen LogP contribution in [-0.4, -0.2) is 37.7 Å². The molecule has 0 fully saturated rings. The number of methoxy groups -OCH3 is 2. The number of esters is 1.